The lowest BCUT2D eigenvalue weighted by Gasteiger charge is -1.99. The maximum atomic E-state index is 12.9. The molecule has 0 aromatic heterocycles. The molecule has 0 atom stereocenters. The van der Waals surface area contributed by atoms with Gasteiger partial charge in [-0.2, -0.15) is 0 Å². The van der Waals surface area contributed by atoms with Gasteiger partial charge in [-0.1, -0.05) is 29.4 Å². The second kappa shape index (κ2) is 4.89. The van der Waals surface area contributed by atoms with Crippen LogP contribution in [-0.2, 0) is 0 Å². The van der Waals surface area contributed by atoms with Gasteiger partial charge in [0.2, 0.25) is 0 Å². The van der Waals surface area contributed by atoms with E-state index in [9.17, 15) is 4.39 Å². The fourth-order valence-electron chi connectivity index (χ4n) is 0.962. The summed E-state index contributed by atoms with van der Waals surface area (Å²) in [6, 6.07) is 4.55. The molecule has 1 aromatic carbocycles. The Hall–Kier alpha value is -2.00. The van der Waals surface area contributed by atoms with Gasteiger partial charge >= 0.3 is 0 Å². The molecule has 5 heteroatoms. The first-order valence-corrected chi connectivity index (χ1v) is 3.97. The monoisotopic (exact) mass is 192 g/mol. The minimum atomic E-state index is -0.448. The lowest BCUT2D eigenvalue weighted by atomic mass is 10.1. The van der Waals surface area contributed by atoms with Crippen molar-refractivity contribution in [1.29, 1.82) is 0 Å². The van der Waals surface area contributed by atoms with Crippen molar-refractivity contribution in [2.24, 2.45) is 5.11 Å². The molecule has 0 bridgehead atoms. The molecule has 72 valence electrons. The second-order valence-corrected chi connectivity index (χ2v) is 2.56. The molecule has 0 radical (unpaired) electrons. The fourth-order valence-corrected chi connectivity index (χ4v) is 0.962. The predicted octanol–water partition coefficient (Wildman–Crippen LogP) is 2.73. The highest BCUT2D eigenvalue weighted by molar-refractivity contribution is 5.64. The number of rotatable bonds is 3. The Morgan fingerprint density at radius 1 is 1.57 bits per heavy atom. The van der Waals surface area contributed by atoms with Crippen LogP contribution in [0, 0.1) is 5.82 Å². The van der Waals surface area contributed by atoms with E-state index in [1.807, 2.05) is 0 Å². The summed E-state index contributed by atoms with van der Waals surface area (Å²) in [5, 5.41) is 3.30. The van der Waals surface area contributed by atoms with Gasteiger partial charge in [0.05, 0.1) is 5.69 Å². The number of para-hydroxylation sites is 1. The van der Waals surface area contributed by atoms with Crippen molar-refractivity contribution in [1.82, 2.24) is 0 Å². The van der Waals surface area contributed by atoms with Gasteiger partial charge in [-0.25, -0.2) is 4.39 Å². The summed E-state index contributed by atoms with van der Waals surface area (Å²) in [7, 11) is 0. The first-order chi connectivity index (χ1) is 6.75. The van der Waals surface area contributed by atoms with Gasteiger partial charge in [0, 0.05) is 17.0 Å². The average molecular weight is 192 g/mol. The van der Waals surface area contributed by atoms with Crippen molar-refractivity contribution in [3.8, 4) is 0 Å². The highest BCUT2D eigenvalue weighted by Gasteiger charge is 1.99. The molecule has 2 N–H and O–H groups in total. The molecule has 0 fully saturated rings. The lowest BCUT2D eigenvalue weighted by molar-refractivity contribution is 0.632. The molecule has 0 unspecified atom stereocenters. The van der Waals surface area contributed by atoms with E-state index >= 15 is 0 Å². The van der Waals surface area contributed by atoms with Gasteiger partial charge in [0.15, 0.2) is 0 Å². The van der Waals surface area contributed by atoms with E-state index in [4.69, 9.17) is 11.3 Å². The molecule has 14 heavy (non-hydrogen) atoms. The number of azide groups is 1. The van der Waals surface area contributed by atoms with Crippen LogP contribution in [0.15, 0.2) is 29.4 Å². The van der Waals surface area contributed by atoms with Crippen molar-refractivity contribution in [2.75, 3.05) is 12.3 Å². The van der Waals surface area contributed by atoms with E-state index in [1.54, 1.807) is 24.3 Å². The number of benzene rings is 1. The van der Waals surface area contributed by atoms with Crippen LogP contribution in [0.2, 0.25) is 0 Å². The first-order valence-electron chi connectivity index (χ1n) is 3.97. The third-order valence-electron chi connectivity index (χ3n) is 1.63. The van der Waals surface area contributed by atoms with Crippen LogP contribution in [0.5, 0.6) is 0 Å². The van der Waals surface area contributed by atoms with Crippen LogP contribution in [0.1, 0.15) is 5.56 Å². The molecule has 1 aromatic rings. The Morgan fingerprint density at radius 3 is 3.07 bits per heavy atom. The first kappa shape index (κ1) is 10.1. The van der Waals surface area contributed by atoms with E-state index in [-0.39, 0.29) is 12.2 Å². The maximum Gasteiger partial charge on any atom is 0.146 e. The Balaban J connectivity index is 2.81. The van der Waals surface area contributed by atoms with Crippen molar-refractivity contribution in [2.45, 2.75) is 0 Å². The van der Waals surface area contributed by atoms with E-state index in [1.165, 1.54) is 6.07 Å². The van der Waals surface area contributed by atoms with Crippen molar-refractivity contribution < 1.29 is 4.39 Å². The number of nitrogen functional groups attached to an aromatic ring is 1. The molecule has 0 aliphatic carbocycles. The zero-order valence-electron chi connectivity index (χ0n) is 7.39. The number of hydrogen-bond donors (Lipinski definition) is 1. The van der Waals surface area contributed by atoms with Gasteiger partial charge in [-0.3, -0.25) is 0 Å². The normalized spacial score (nSPS) is 10.1. The van der Waals surface area contributed by atoms with Crippen molar-refractivity contribution in [3.63, 3.8) is 0 Å². The average Bonchev–Trinajstić information content (AvgIpc) is 2.19. The molecule has 0 spiro atoms. The highest BCUT2D eigenvalue weighted by Crippen LogP contribution is 2.16. The van der Waals surface area contributed by atoms with E-state index in [2.05, 4.69) is 10.0 Å². The van der Waals surface area contributed by atoms with Gasteiger partial charge in [-0.05, 0) is 11.6 Å². The van der Waals surface area contributed by atoms with Crippen LogP contribution in [0.4, 0.5) is 10.1 Å². The van der Waals surface area contributed by atoms with Crippen molar-refractivity contribution >= 4 is 11.8 Å². The summed E-state index contributed by atoms with van der Waals surface area (Å²) < 4.78 is 12.9. The third-order valence-corrected chi connectivity index (χ3v) is 1.63. The molecule has 1 rings (SSSR count). The molecule has 0 amide bonds. The van der Waals surface area contributed by atoms with Crippen LogP contribution in [-0.4, -0.2) is 6.54 Å². The van der Waals surface area contributed by atoms with E-state index in [0.29, 0.717) is 5.56 Å². The van der Waals surface area contributed by atoms with Crippen molar-refractivity contribution in [3.05, 3.63) is 46.1 Å². The second-order valence-electron chi connectivity index (χ2n) is 2.56. The van der Waals surface area contributed by atoms with Gasteiger partial charge in [-0.15, -0.1) is 0 Å². The number of hydrogen-bond acceptors (Lipinski definition) is 2. The molecule has 0 saturated heterocycles. The predicted molar refractivity (Wildman–Crippen MR) is 53.9 cm³/mol. The van der Waals surface area contributed by atoms with Gasteiger partial charge in [0.25, 0.3) is 0 Å². The maximum absolute atomic E-state index is 12.9. The Labute approximate surface area is 80.5 Å². The summed E-state index contributed by atoms with van der Waals surface area (Å²) in [5.74, 6) is -0.448. The molecule has 0 saturated carbocycles. The third kappa shape index (κ3) is 2.50. The van der Waals surface area contributed by atoms with Crippen LogP contribution in [0.25, 0.3) is 16.5 Å². The zero-order chi connectivity index (χ0) is 10.4. The largest absolute Gasteiger partial charge is 0.396 e. The molecule has 0 aliphatic rings. The van der Waals surface area contributed by atoms with Gasteiger partial charge < -0.3 is 5.73 Å². The summed E-state index contributed by atoms with van der Waals surface area (Å²) in [6.07, 6.45) is 3.23. The quantitative estimate of drug-likeness (QED) is 0.340. The minimum absolute atomic E-state index is 0.102. The number of halogens is 1. The Morgan fingerprint density at radius 2 is 2.36 bits per heavy atom. The smallest absolute Gasteiger partial charge is 0.146 e. The standard InChI is InChI=1S/C9H9FN4/c10-8-5-1-3-7(9(8)11)4-2-6-13-14-12/h1-5H,6,11H2. The number of anilines is 1. The molecule has 4 nitrogen and oxygen atoms in total. The number of nitrogens with two attached hydrogens (primary N) is 1. The molecule has 0 heterocycles. The highest BCUT2D eigenvalue weighted by atomic mass is 19.1. The summed E-state index contributed by atoms with van der Waals surface area (Å²) in [6.45, 7) is 0.229. The fraction of sp³-hybridized carbons (Fsp3) is 0.111. The summed E-state index contributed by atoms with van der Waals surface area (Å²) in [5.41, 5.74) is 14.2. The Kier molecular flexibility index (Phi) is 3.52. The Bertz CT molecular complexity index is 394. The summed E-state index contributed by atoms with van der Waals surface area (Å²) in [4.78, 5) is 2.58. The van der Waals surface area contributed by atoms with Crippen LogP contribution < -0.4 is 5.73 Å². The van der Waals surface area contributed by atoms with Crippen LogP contribution >= 0.6 is 0 Å². The molecular weight excluding hydrogens is 183 g/mol. The number of nitrogens with zero attached hydrogens (tertiary/aromatic N) is 3. The van der Waals surface area contributed by atoms with Crippen LogP contribution in [0.3, 0.4) is 0 Å². The molecule has 0 aliphatic heterocycles. The van der Waals surface area contributed by atoms with E-state index in [0.717, 1.165) is 0 Å². The topological polar surface area (TPSA) is 74.8 Å². The van der Waals surface area contributed by atoms with E-state index < -0.39 is 5.82 Å². The SMILES string of the molecule is [N-]=[N+]=NCC=Cc1cccc(F)c1N. The van der Waals surface area contributed by atoms with Gasteiger partial charge in [0.1, 0.15) is 5.82 Å². The zero-order valence-corrected chi connectivity index (χ0v) is 7.39. The minimum Gasteiger partial charge on any atom is -0.396 e. The lowest BCUT2D eigenvalue weighted by Crippen LogP contribution is -1.93. The molecular formula is C9H9FN4. The summed E-state index contributed by atoms with van der Waals surface area (Å²) >= 11 is 0.